The molecule has 1 aliphatic rings. The summed E-state index contributed by atoms with van der Waals surface area (Å²) in [5.41, 5.74) is 9.90. The van der Waals surface area contributed by atoms with Crippen LogP contribution in [0.3, 0.4) is 0 Å². The standard InChI is InChI=1S/C31H36N4.Pt/c1-19-21-17-27(34(19)9)30(5,6)31(7,8)28-18-22(20(2)35(28)10)24-14-12-16-26(33-24)29(3,4)25-15-11-13-23(21)32-25;/h11-16H,1-10H3;/q-2;+2. The summed E-state index contributed by atoms with van der Waals surface area (Å²) in [7, 11) is 4.30. The minimum atomic E-state index is -0.359. The molecule has 0 spiro atoms. The Kier molecular flexibility index (Phi) is 6.32. The first-order valence-electron chi connectivity index (χ1n) is 12.4. The molecule has 0 unspecified atom stereocenters. The molecule has 5 heterocycles. The van der Waals surface area contributed by atoms with Crippen molar-refractivity contribution in [2.24, 2.45) is 14.1 Å². The van der Waals surface area contributed by atoms with Gasteiger partial charge in [-0.2, -0.15) is 12.1 Å². The van der Waals surface area contributed by atoms with Gasteiger partial charge in [-0.25, -0.2) is 0 Å². The van der Waals surface area contributed by atoms with Crippen LogP contribution in [0.15, 0.2) is 36.4 Å². The van der Waals surface area contributed by atoms with Crippen molar-refractivity contribution in [2.45, 2.75) is 71.6 Å². The van der Waals surface area contributed by atoms with Gasteiger partial charge in [0.15, 0.2) is 0 Å². The van der Waals surface area contributed by atoms with E-state index in [-0.39, 0.29) is 37.3 Å². The van der Waals surface area contributed by atoms with E-state index in [1.54, 1.807) is 0 Å². The number of rotatable bonds is 0. The molecule has 8 bridgehead atoms. The van der Waals surface area contributed by atoms with Crippen LogP contribution in [0.4, 0.5) is 0 Å². The third-order valence-corrected chi connectivity index (χ3v) is 8.93. The predicted octanol–water partition coefficient (Wildman–Crippen LogP) is 6.60. The molecule has 190 valence electrons. The van der Waals surface area contributed by atoms with Gasteiger partial charge in [-0.15, -0.1) is 11.1 Å². The Balaban J connectivity index is 0.00000304. The zero-order chi connectivity index (χ0) is 25.5. The van der Waals surface area contributed by atoms with Crippen LogP contribution in [-0.4, -0.2) is 19.1 Å². The Morgan fingerprint density at radius 2 is 1.00 bits per heavy atom. The predicted molar refractivity (Wildman–Crippen MR) is 143 cm³/mol. The molecule has 0 saturated carbocycles. The van der Waals surface area contributed by atoms with E-state index >= 15 is 0 Å². The molecule has 0 aliphatic carbocycles. The van der Waals surface area contributed by atoms with E-state index in [4.69, 9.17) is 9.97 Å². The number of nitrogens with zero attached hydrogens (tertiary/aromatic N) is 4. The Morgan fingerprint density at radius 1 is 0.639 bits per heavy atom. The third-order valence-electron chi connectivity index (χ3n) is 8.93. The van der Waals surface area contributed by atoms with Crippen molar-refractivity contribution in [3.8, 4) is 22.5 Å². The Bertz CT molecular complexity index is 1360. The zero-order valence-electron chi connectivity index (χ0n) is 23.1. The van der Waals surface area contributed by atoms with E-state index in [9.17, 15) is 0 Å². The van der Waals surface area contributed by atoms with Crippen LogP contribution >= 0.6 is 0 Å². The molecular formula is C31H36N4Pt. The van der Waals surface area contributed by atoms with Crippen LogP contribution in [0.2, 0.25) is 0 Å². The molecule has 4 aromatic heterocycles. The average Bonchev–Trinajstić information content (AvgIpc) is 3.30. The molecule has 0 atom stereocenters. The van der Waals surface area contributed by atoms with Crippen molar-refractivity contribution in [1.29, 1.82) is 0 Å². The quantitative estimate of drug-likeness (QED) is 0.200. The second-order valence-corrected chi connectivity index (χ2v) is 11.7. The molecule has 4 nitrogen and oxygen atoms in total. The van der Waals surface area contributed by atoms with E-state index < -0.39 is 0 Å². The summed E-state index contributed by atoms with van der Waals surface area (Å²) >= 11 is 0. The Labute approximate surface area is 230 Å². The molecule has 5 rings (SSSR count). The van der Waals surface area contributed by atoms with Crippen molar-refractivity contribution >= 4 is 0 Å². The van der Waals surface area contributed by atoms with E-state index in [0.29, 0.717) is 0 Å². The van der Waals surface area contributed by atoms with Gasteiger partial charge in [0.2, 0.25) is 0 Å². The van der Waals surface area contributed by atoms with Crippen molar-refractivity contribution in [1.82, 2.24) is 19.1 Å². The number of aromatic nitrogens is 4. The number of fused-ring (bicyclic) bond motifs is 10. The van der Waals surface area contributed by atoms with Gasteiger partial charge in [0.25, 0.3) is 0 Å². The maximum Gasteiger partial charge on any atom is 2.00 e. The van der Waals surface area contributed by atoms with Gasteiger partial charge < -0.3 is 19.1 Å². The van der Waals surface area contributed by atoms with Crippen molar-refractivity contribution in [3.63, 3.8) is 0 Å². The van der Waals surface area contributed by atoms with E-state index in [1.165, 1.54) is 22.8 Å². The fraction of sp³-hybridized carbons (Fsp3) is 0.419. The van der Waals surface area contributed by atoms with Gasteiger partial charge in [0.1, 0.15) is 0 Å². The van der Waals surface area contributed by atoms with Crippen LogP contribution in [0.5, 0.6) is 0 Å². The molecule has 0 radical (unpaired) electrons. The Hall–Kier alpha value is -2.45. The smallest absolute Gasteiger partial charge is 0.414 e. The number of hydrogen-bond acceptors (Lipinski definition) is 2. The van der Waals surface area contributed by atoms with E-state index in [0.717, 1.165) is 33.9 Å². The van der Waals surface area contributed by atoms with Crippen molar-refractivity contribution in [2.75, 3.05) is 0 Å². The maximum absolute atomic E-state index is 5.17. The van der Waals surface area contributed by atoms with Crippen molar-refractivity contribution in [3.05, 3.63) is 82.7 Å². The van der Waals surface area contributed by atoms with Gasteiger partial charge in [-0.05, 0) is 62.9 Å². The molecule has 0 amide bonds. The summed E-state index contributed by atoms with van der Waals surface area (Å²) in [6.07, 6.45) is 0. The largest absolute Gasteiger partial charge is 2.00 e. The van der Waals surface area contributed by atoms with Crippen LogP contribution < -0.4 is 0 Å². The van der Waals surface area contributed by atoms with E-state index in [2.05, 4.69) is 127 Å². The minimum absolute atomic E-state index is 0. The number of hydrogen-bond donors (Lipinski definition) is 0. The maximum atomic E-state index is 5.17. The molecular weight excluding hydrogens is 623 g/mol. The minimum Gasteiger partial charge on any atom is -0.414 e. The SMILES string of the molecule is Cc1c2[c-]c(n1C)C(C)(C)C(C)(C)c1[c-]c(c(C)n1C)-c1cccc(n1)C(C)(C)c1cccc-2n1.[Pt+2]. The van der Waals surface area contributed by atoms with Gasteiger partial charge in [0.05, 0.1) is 0 Å². The van der Waals surface area contributed by atoms with Crippen molar-refractivity contribution < 1.29 is 21.1 Å². The fourth-order valence-corrected chi connectivity index (χ4v) is 5.47. The fourth-order valence-electron chi connectivity index (χ4n) is 5.47. The first-order chi connectivity index (χ1) is 16.3. The molecule has 1 aliphatic heterocycles. The summed E-state index contributed by atoms with van der Waals surface area (Å²) in [6.45, 7) is 18.0. The van der Waals surface area contributed by atoms with Gasteiger partial charge in [-0.3, -0.25) is 0 Å². The number of pyridine rings is 2. The second kappa shape index (κ2) is 8.55. The molecule has 4 aromatic rings. The van der Waals surface area contributed by atoms with Gasteiger partial charge in [-0.1, -0.05) is 77.2 Å². The van der Waals surface area contributed by atoms with Gasteiger partial charge in [0, 0.05) is 27.6 Å². The first-order valence-corrected chi connectivity index (χ1v) is 12.4. The van der Waals surface area contributed by atoms with Crippen LogP contribution in [0, 0.1) is 26.0 Å². The average molecular weight is 660 g/mol. The summed E-state index contributed by atoms with van der Waals surface area (Å²) in [6, 6.07) is 20.2. The van der Waals surface area contributed by atoms with Crippen LogP contribution in [0.25, 0.3) is 22.5 Å². The normalized spacial score (nSPS) is 17.1. The second-order valence-electron chi connectivity index (χ2n) is 11.7. The first kappa shape index (κ1) is 26.6. The summed E-state index contributed by atoms with van der Waals surface area (Å²) < 4.78 is 4.59. The molecule has 0 N–H and O–H groups in total. The van der Waals surface area contributed by atoms with Crippen LogP contribution in [-0.2, 0) is 51.4 Å². The molecule has 0 saturated heterocycles. The molecule has 0 fully saturated rings. The summed E-state index contributed by atoms with van der Waals surface area (Å²) in [5.74, 6) is 0. The van der Waals surface area contributed by atoms with Gasteiger partial charge >= 0.3 is 21.1 Å². The zero-order valence-corrected chi connectivity index (χ0v) is 25.3. The summed E-state index contributed by atoms with van der Waals surface area (Å²) in [4.78, 5) is 10.3. The topological polar surface area (TPSA) is 35.6 Å². The summed E-state index contributed by atoms with van der Waals surface area (Å²) in [5, 5.41) is 0. The van der Waals surface area contributed by atoms with E-state index in [1.807, 2.05) is 0 Å². The molecule has 36 heavy (non-hydrogen) atoms. The monoisotopic (exact) mass is 659 g/mol. The molecule has 0 aromatic carbocycles. The molecule has 5 heteroatoms. The Morgan fingerprint density at radius 3 is 1.36 bits per heavy atom. The van der Waals surface area contributed by atoms with Crippen LogP contribution in [0.1, 0.15) is 75.7 Å². The third kappa shape index (κ3) is 3.59.